The summed E-state index contributed by atoms with van der Waals surface area (Å²) in [4.78, 5) is 22.9. The van der Waals surface area contributed by atoms with Crippen LogP contribution in [0.5, 0.6) is 5.75 Å². The van der Waals surface area contributed by atoms with E-state index in [2.05, 4.69) is 5.32 Å². The van der Waals surface area contributed by atoms with E-state index in [0.717, 1.165) is 10.8 Å². The Kier molecular flexibility index (Phi) is 5.67. The van der Waals surface area contributed by atoms with Crippen LogP contribution in [0.4, 0.5) is 0 Å². The number of ether oxygens (including phenoxy) is 1. The van der Waals surface area contributed by atoms with Crippen LogP contribution in [0.1, 0.15) is 20.3 Å². The van der Waals surface area contributed by atoms with Gasteiger partial charge in [0.15, 0.2) is 6.61 Å². The van der Waals surface area contributed by atoms with Gasteiger partial charge in [0.2, 0.25) is 0 Å². The summed E-state index contributed by atoms with van der Waals surface area (Å²) in [5, 5.41) is 14.0. The second kappa shape index (κ2) is 7.53. The molecule has 2 rings (SSSR count). The Labute approximate surface area is 145 Å². The van der Waals surface area contributed by atoms with Crippen LogP contribution in [-0.2, 0) is 9.59 Å². The standard InChI is InChI=1S/C18H20ClNO4/c1-18(2,17(22)23)9-10-20-16(21)11-24-15-8-7-14(19)12-5-3-4-6-13(12)15/h3-8H,9-11H2,1-2H3,(H,20,21)(H,22,23). The highest BCUT2D eigenvalue weighted by Crippen LogP contribution is 2.31. The molecule has 24 heavy (non-hydrogen) atoms. The third kappa shape index (κ3) is 4.38. The highest BCUT2D eigenvalue weighted by atomic mass is 35.5. The van der Waals surface area contributed by atoms with Crippen molar-refractivity contribution in [3.05, 3.63) is 41.4 Å². The molecule has 0 atom stereocenters. The fraction of sp³-hybridized carbons (Fsp3) is 0.333. The summed E-state index contributed by atoms with van der Waals surface area (Å²) in [7, 11) is 0. The van der Waals surface area contributed by atoms with E-state index in [-0.39, 0.29) is 19.1 Å². The van der Waals surface area contributed by atoms with Crippen molar-refractivity contribution in [1.82, 2.24) is 5.32 Å². The first-order valence-corrected chi connectivity index (χ1v) is 7.99. The lowest BCUT2D eigenvalue weighted by Gasteiger charge is -2.19. The summed E-state index contributed by atoms with van der Waals surface area (Å²) in [5.41, 5.74) is -0.874. The van der Waals surface area contributed by atoms with E-state index >= 15 is 0 Å². The number of hydrogen-bond donors (Lipinski definition) is 2. The van der Waals surface area contributed by atoms with E-state index in [0.29, 0.717) is 17.2 Å². The number of fused-ring (bicyclic) bond motifs is 1. The minimum atomic E-state index is -0.888. The molecule has 2 aromatic carbocycles. The average Bonchev–Trinajstić information content (AvgIpc) is 2.54. The Balaban J connectivity index is 1.91. The van der Waals surface area contributed by atoms with E-state index in [1.54, 1.807) is 26.0 Å². The maximum Gasteiger partial charge on any atom is 0.309 e. The molecule has 5 nitrogen and oxygen atoms in total. The van der Waals surface area contributed by atoms with Crippen molar-refractivity contribution >= 4 is 34.2 Å². The topological polar surface area (TPSA) is 75.6 Å². The van der Waals surface area contributed by atoms with E-state index in [4.69, 9.17) is 21.4 Å². The van der Waals surface area contributed by atoms with Crippen molar-refractivity contribution in [2.24, 2.45) is 5.41 Å². The largest absolute Gasteiger partial charge is 0.483 e. The lowest BCUT2D eigenvalue weighted by molar-refractivity contribution is -0.147. The van der Waals surface area contributed by atoms with Crippen molar-refractivity contribution in [3.63, 3.8) is 0 Å². The molecule has 0 aliphatic heterocycles. The Morgan fingerprint density at radius 2 is 1.83 bits per heavy atom. The monoisotopic (exact) mass is 349 g/mol. The molecule has 0 unspecified atom stereocenters. The van der Waals surface area contributed by atoms with Gasteiger partial charge in [0, 0.05) is 22.3 Å². The fourth-order valence-corrected chi connectivity index (χ4v) is 2.40. The second-order valence-corrected chi connectivity index (χ2v) is 6.58. The first kappa shape index (κ1) is 18.1. The van der Waals surface area contributed by atoms with Crippen LogP contribution in [0.3, 0.4) is 0 Å². The Morgan fingerprint density at radius 1 is 1.17 bits per heavy atom. The summed E-state index contributed by atoms with van der Waals surface area (Å²) in [6.07, 6.45) is 0.345. The average molecular weight is 350 g/mol. The highest BCUT2D eigenvalue weighted by molar-refractivity contribution is 6.35. The van der Waals surface area contributed by atoms with Crippen molar-refractivity contribution in [3.8, 4) is 5.75 Å². The van der Waals surface area contributed by atoms with Crippen molar-refractivity contribution in [2.75, 3.05) is 13.2 Å². The summed E-state index contributed by atoms with van der Waals surface area (Å²) >= 11 is 6.15. The fourth-order valence-electron chi connectivity index (χ4n) is 2.18. The lowest BCUT2D eigenvalue weighted by atomic mass is 9.90. The van der Waals surface area contributed by atoms with Crippen LogP contribution >= 0.6 is 11.6 Å². The van der Waals surface area contributed by atoms with Gasteiger partial charge in [-0.15, -0.1) is 0 Å². The molecule has 0 spiro atoms. The van der Waals surface area contributed by atoms with Gasteiger partial charge in [-0.25, -0.2) is 0 Å². The second-order valence-electron chi connectivity index (χ2n) is 6.17. The molecule has 0 heterocycles. The molecular weight excluding hydrogens is 330 g/mol. The van der Waals surface area contributed by atoms with E-state index in [1.807, 2.05) is 24.3 Å². The molecule has 128 valence electrons. The summed E-state index contributed by atoms with van der Waals surface area (Å²) in [6.45, 7) is 3.39. The first-order valence-electron chi connectivity index (χ1n) is 7.61. The maximum atomic E-state index is 11.9. The number of aliphatic carboxylic acids is 1. The van der Waals surface area contributed by atoms with Gasteiger partial charge in [0.1, 0.15) is 5.75 Å². The Hall–Kier alpha value is -2.27. The number of amides is 1. The summed E-state index contributed by atoms with van der Waals surface area (Å²) in [5.74, 6) is -0.605. The van der Waals surface area contributed by atoms with E-state index in [1.165, 1.54) is 0 Å². The molecular formula is C18H20ClNO4. The predicted octanol–water partition coefficient (Wildman–Crippen LogP) is 3.49. The van der Waals surface area contributed by atoms with Crippen LogP contribution in [0.25, 0.3) is 10.8 Å². The Morgan fingerprint density at radius 3 is 2.50 bits per heavy atom. The quantitative estimate of drug-likeness (QED) is 0.802. The molecule has 0 fully saturated rings. The van der Waals surface area contributed by atoms with Gasteiger partial charge < -0.3 is 15.2 Å². The number of rotatable bonds is 7. The number of carbonyl (C=O) groups is 2. The molecule has 2 N–H and O–H groups in total. The molecule has 1 amide bonds. The smallest absolute Gasteiger partial charge is 0.309 e. The number of hydrogen-bond acceptors (Lipinski definition) is 3. The third-order valence-electron chi connectivity index (χ3n) is 3.84. The summed E-state index contributed by atoms with van der Waals surface area (Å²) < 4.78 is 5.58. The van der Waals surface area contributed by atoms with Gasteiger partial charge in [-0.05, 0) is 32.4 Å². The van der Waals surface area contributed by atoms with Gasteiger partial charge >= 0.3 is 5.97 Å². The molecule has 0 radical (unpaired) electrons. The molecule has 0 aromatic heterocycles. The zero-order valence-electron chi connectivity index (χ0n) is 13.6. The number of benzene rings is 2. The van der Waals surface area contributed by atoms with Gasteiger partial charge in [0.25, 0.3) is 5.91 Å². The summed E-state index contributed by atoms with van der Waals surface area (Å²) in [6, 6.07) is 11.0. The predicted molar refractivity (Wildman–Crippen MR) is 93.5 cm³/mol. The number of carbonyl (C=O) groups excluding carboxylic acids is 1. The molecule has 0 bridgehead atoms. The number of carboxylic acid groups (broad SMARTS) is 1. The van der Waals surface area contributed by atoms with Gasteiger partial charge in [-0.1, -0.05) is 35.9 Å². The zero-order valence-corrected chi connectivity index (χ0v) is 14.4. The SMILES string of the molecule is CC(C)(CCNC(=O)COc1ccc(Cl)c2ccccc12)C(=O)O. The number of nitrogens with one attached hydrogen (secondary N) is 1. The van der Waals surface area contributed by atoms with E-state index < -0.39 is 11.4 Å². The van der Waals surface area contributed by atoms with Crippen LogP contribution < -0.4 is 10.1 Å². The molecule has 0 aliphatic carbocycles. The molecule has 0 saturated carbocycles. The van der Waals surface area contributed by atoms with Crippen LogP contribution in [0, 0.1) is 5.41 Å². The third-order valence-corrected chi connectivity index (χ3v) is 4.17. The van der Waals surface area contributed by atoms with Crippen molar-refractivity contribution in [1.29, 1.82) is 0 Å². The van der Waals surface area contributed by atoms with Crippen LogP contribution in [0.15, 0.2) is 36.4 Å². The lowest BCUT2D eigenvalue weighted by Crippen LogP contribution is -2.34. The Bertz CT molecular complexity index is 758. The molecule has 2 aromatic rings. The van der Waals surface area contributed by atoms with Gasteiger partial charge in [-0.3, -0.25) is 9.59 Å². The minimum Gasteiger partial charge on any atom is -0.483 e. The zero-order chi connectivity index (χ0) is 17.7. The number of halogens is 1. The first-order chi connectivity index (χ1) is 11.3. The van der Waals surface area contributed by atoms with E-state index in [9.17, 15) is 9.59 Å². The molecule has 6 heteroatoms. The van der Waals surface area contributed by atoms with Gasteiger partial charge in [-0.2, -0.15) is 0 Å². The van der Waals surface area contributed by atoms with Crippen molar-refractivity contribution < 1.29 is 19.4 Å². The maximum absolute atomic E-state index is 11.9. The van der Waals surface area contributed by atoms with Crippen molar-refractivity contribution in [2.45, 2.75) is 20.3 Å². The molecule has 0 saturated heterocycles. The highest BCUT2D eigenvalue weighted by Gasteiger charge is 2.26. The van der Waals surface area contributed by atoms with Crippen LogP contribution in [-0.4, -0.2) is 30.1 Å². The molecule has 0 aliphatic rings. The normalized spacial score (nSPS) is 11.3. The minimum absolute atomic E-state index is 0.140. The van der Waals surface area contributed by atoms with Gasteiger partial charge in [0.05, 0.1) is 5.41 Å². The van der Waals surface area contributed by atoms with Crippen LogP contribution in [0.2, 0.25) is 5.02 Å². The number of carboxylic acids is 1.